The van der Waals surface area contributed by atoms with Crippen molar-refractivity contribution in [2.24, 2.45) is 0 Å². The van der Waals surface area contributed by atoms with Crippen molar-refractivity contribution < 1.29 is 14.7 Å². The maximum Gasteiger partial charge on any atom is 0.324 e. The van der Waals surface area contributed by atoms with E-state index >= 15 is 0 Å². The summed E-state index contributed by atoms with van der Waals surface area (Å²) in [5.74, 6) is -0.690. The molecule has 1 atom stereocenters. The van der Waals surface area contributed by atoms with Crippen LogP contribution in [-0.4, -0.2) is 46.6 Å². The van der Waals surface area contributed by atoms with Gasteiger partial charge in [-0.15, -0.1) is 0 Å². The van der Waals surface area contributed by atoms with Crippen LogP contribution in [-0.2, 0) is 9.59 Å². The number of hydrogen-bond acceptors (Lipinski definition) is 3. The van der Waals surface area contributed by atoms with Gasteiger partial charge in [0.15, 0.2) is 0 Å². The summed E-state index contributed by atoms with van der Waals surface area (Å²) in [6, 6.07) is 0.381. The second kappa shape index (κ2) is 5.26. The Morgan fingerprint density at radius 1 is 1.44 bits per heavy atom. The molecule has 1 amide bonds. The van der Waals surface area contributed by atoms with E-state index in [9.17, 15) is 14.7 Å². The molecule has 0 radical (unpaired) electrons. The maximum absolute atomic E-state index is 11.6. The fourth-order valence-electron chi connectivity index (χ4n) is 2.82. The lowest BCUT2D eigenvalue weighted by Crippen LogP contribution is -2.51. The van der Waals surface area contributed by atoms with E-state index in [1.807, 2.05) is 11.8 Å². The van der Waals surface area contributed by atoms with Crippen LogP contribution >= 0.6 is 0 Å². The number of aliphatic carboxylic acids is 1. The molecule has 5 nitrogen and oxygen atoms in total. The number of carbonyl (C=O) groups excluding carboxylic acids is 1. The van der Waals surface area contributed by atoms with Gasteiger partial charge in [0.1, 0.15) is 5.54 Å². The van der Waals surface area contributed by atoms with Gasteiger partial charge in [0.25, 0.3) is 0 Å². The fourth-order valence-corrected chi connectivity index (χ4v) is 2.82. The number of rotatable bonds is 6. The number of carboxylic acids is 1. The van der Waals surface area contributed by atoms with Crippen LogP contribution in [0.15, 0.2) is 0 Å². The van der Waals surface area contributed by atoms with E-state index in [4.69, 9.17) is 0 Å². The Kier molecular flexibility index (Phi) is 3.90. The standard InChI is InChI=1S/C13H22N2O3/c1-2-13(12(17)18)7-3-8-15(13)9-6-11(16)14-10-4-5-10/h10H,2-9H2,1H3,(H,14,16)(H,17,18). The van der Waals surface area contributed by atoms with Gasteiger partial charge < -0.3 is 10.4 Å². The Morgan fingerprint density at radius 2 is 2.17 bits per heavy atom. The number of nitrogens with one attached hydrogen (secondary N) is 1. The van der Waals surface area contributed by atoms with Gasteiger partial charge in [0.05, 0.1) is 0 Å². The molecule has 1 aliphatic heterocycles. The Bertz CT molecular complexity index is 341. The highest BCUT2D eigenvalue weighted by molar-refractivity contribution is 5.80. The van der Waals surface area contributed by atoms with Gasteiger partial charge >= 0.3 is 5.97 Å². The molecule has 102 valence electrons. The van der Waals surface area contributed by atoms with Gasteiger partial charge in [0, 0.05) is 19.0 Å². The quantitative estimate of drug-likeness (QED) is 0.741. The molecule has 1 saturated carbocycles. The van der Waals surface area contributed by atoms with Crippen LogP contribution in [0.1, 0.15) is 45.4 Å². The van der Waals surface area contributed by atoms with Crippen LogP contribution in [0.2, 0.25) is 0 Å². The Hall–Kier alpha value is -1.10. The molecule has 0 bridgehead atoms. The van der Waals surface area contributed by atoms with Gasteiger partial charge in [-0.05, 0) is 38.6 Å². The molecule has 0 aromatic heterocycles. The summed E-state index contributed by atoms with van der Waals surface area (Å²) in [6.07, 6.45) is 4.79. The second-order valence-electron chi connectivity index (χ2n) is 5.37. The zero-order valence-corrected chi connectivity index (χ0v) is 10.9. The number of nitrogens with zero attached hydrogens (tertiary/aromatic N) is 1. The highest BCUT2D eigenvalue weighted by Crippen LogP contribution is 2.32. The summed E-state index contributed by atoms with van der Waals surface area (Å²) < 4.78 is 0. The molecule has 1 unspecified atom stereocenters. The predicted molar refractivity (Wildman–Crippen MR) is 67.2 cm³/mol. The highest BCUT2D eigenvalue weighted by atomic mass is 16.4. The van der Waals surface area contributed by atoms with Crippen LogP contribution < -0.4 is 5.32 Å². The first kappa shape index (κ1) is 13.3. The molecule has 1 aliphatic carbocycles. The average molecular weight is 254 g/mol. The SMILES string of the molecule is CCC1(C(=O)O)CCCN1CCC(=O)NC1CC1. The zero-order chi connectivity index (χ0) is 13.2. The minimum atomic E-state index is -0.745. The lowest BCUT2D eigenvalue weighted by molar-refractivity contribution is -0.150. The van der Waals surface area contributed by atoms with Gasteiger partial charge in [-0.2, -0.15) is 0 Å². The lowest BCUT2D eigenvalue weighted by Gasteiger charge is -2.33. The fraction of sp³-hybridized carbons (Fsp3) is 0.846. The van der Waals surface area contributed by atoms with Crippen LogP contribution in [0, 0.1) is 0 Å². The third-order valence-electron chi connectivity index (χ3n) is 4.16. The molecular weight excluding hydrogens is 232 g/mol. The summed E-state index contributed by atoms with van der Waals surface area (Å²) in [6.45, 7) is 3.26. The summed E-state index contributed by atoms with van der Waals surface area (Å²) in [7, 11) is 0. The molecule has 1 saturated heterocycles. The smallest absolute Gasteiger partial charge is 0.324 e. The van der Waals surface area contributed by atoms with Crippen molar-refractivity contribution in [3.05, 3.63) is 0 Å². The van der Waals surface area contributed by atoms with Gasteiger partial charge in [-0.25, -0.2) is 0 Å². The molecule has 2 N–H and O–H groups in total. The Morgan fingerprint density at radius 3 is 2.72 bits per heavy atom. The molecule has 0 aromatic carbocycles. The van der Waals surface area contributed by atoms with Crippen molar-refractivity contribution in [3.8, 4) is 0 Å². The van der Waals surface area contributed by atoms with Crippen molar-refractivity contribution in [1.82, 2.24) is 10.2 Å². The molecule has 5 heteroatoms. The first-order valence-corrected chi connectivity index (χ1v) is 6.86. The number of hydrogen-bond donors (Lipinski definition) is 2. The minimum absolute atomic E-state index is 0.0554. The van der Waals surface area contributed by atoms with Crippen LogP contribution in [0.5, 0.6) is 0 Å². The van der Waals surface area contributed by atoms with Crippen molar-refractivity contribution in [1.29, 1.82) is 0 Å². The average Bonchev–Trinajstić information content (AvgIpc) is 3.04. The van der Waals surface area contributed by atoms with Crippen LogP contribution in [0.4, 0.5) is 0 Å². The Balaban J connectivity index is 1.86. The second-order valence-corrected chi connectivity index (χ2v) is 5.37. The number of carbonyl (C=O) groups is 2. The van der Waals surface area contributed by atoms with E-state index in [-0.39, 0.29) is 5.91 Å². The molecule has 2 rings (SSSR count). The van der Waals surface area contributed by atoms with Crippen molar-refractivity contribution in [2.45, 2.75) is 57.0 Å². The molecule has 0 spiro atoms. The van der Waals surface area contributed by atoms with E-state index in [1.54, 1.807) is 0 Å². The zero-order valence-electron chi connectivity index (χ0n) is 10.9. The third-order valence-corrected chi connectivity index (χ3v) is 4.16. The van der Waals surface area contributed by atoms with Gasteiger partial charge in [0.2, 0.25) is 5.91 Å². The number of likely N-dealkylation sites (tertiary alicyclic amines) is 1. The largest absolute Gasteiger partial charge is 0.480 e. The topological polar surface area (TPSA) is 69.6 Å². The molecule has 2 aliphatic rings. The van der Waals surface area contributed by atoms with E-state index in [1.165, 1.54) is 0 Å². The van der Waals surface area contributed by atoms with E-state index in [0.717, 1.165) is 25.8 Å². The summed E-state index contributed by atoms with van der Waals surface area (Å²) in [5, 5.41) is 12.4. The third kappa shape index (κ3) is 2.66. The summed E-state index contributed by atoms with van der Waals surface area (Å²) in [5.41, 5.74) is -0.736. The van der Waals surface area contributed by atoms with Crippen molar-refractivity contribution in [2.75, 3.05) is 13.1 Å². The molecule has 1 heterocycles. The summed E-state index contributed by atoms with van der Waals surface area (Å²) in [4.78, 5) is 25.1. The van der Waals surface area contributed by atoms with Crippen LogP contribution in [0.3, 0.4) is 0 Å². The highest BCUT2D eigenvalue weighted by Gasteiger charge is 2.45. The Labute approximate surface area is 108 Å². The maximum atomic E-state index is 11.6. The monoisotopic (exact) mass is 254 g/mol. The lowest BCUT2D eigenvalue weighted by atomic mass is 9.93. The van der Waals surface area contributed by atoms with Crippen LogP contribution in [0.25, 0.3) is 0 Å². The van der Waals surface area contributed by atoms with Gasteiger partial charge in [-0.1, -0.05) is 6.92 Å². The van der Waals surface area contributed by atoms with Crippen molar-refractivity contribution >= 4 is 11.9 Å². The first-order valence-electron chi connectivity index (χ1n) is 6.86. The van der Waals surface area contributed by atoms with E-state index in [0.29, 0.717) is 31.8 Å². The molecule has 18 heavy (non-hydrogen) atoms. The van der Waals surface area contributed by atoms with Crippen molar-refractivity contribution in [3.63, 3.8) is 0 Å². The molecule has 0 aromatic rings. The number of amides is 1. The van der Waals surface area contributed by atoms with Gasteiger partial charge in [-0.3, -0.25) is 14.5 Å². The number of carboxylic acid groups (broad SMARTS) is 1. The predicted octanol–water partition coefficient (Wildman–Crippen LogP) is 0.984. The minimum Gasteiger partial charge on any atom is -0.480 e. The molecule has 2 fully saturated rings. The summed E-state index contributed by atoms with van der Waals surface area (Å²) >= 11 is 0. The normalized spacial score (nSPS) is 28.3. The van der Waals surface area contributed by atoms with E-state index in [2.05, 4.69) is 5.32 Å². The molecular formula is C13H22N2O3. The van der Waals surface area contributed by atoms with E-state index < -0.39 is 11.5 Å². The first-order chi connectivity index (χ1) is 8.58.